The lowest BCUT2D eigenvalue weighted by Gasteiger charge is -2.06. The fourth-order valence-electron chi connectivity index (χ4n) is 2.48. The summed E-state index contributed by atoms with van der Waals surface area (Å²) in [6.45, 7) is 4.11. The second-order valence-corrected chi connectivity index (χ2v) is 6.87. The van der Waals surface area contributed by atoms with Crippen molar-refractivity contribution in [3.05, 3.63) is 57.6 Å². The second kappa shape index (κ2) is 7.21. The number of carbonyl (C=O) groups is 1. The minimum atomic E-state index is -0.276. The zero-order valence-electron chi connectivity index (χ0n) is 14.1. The Hall–Kier alpha value is -2.44. The number of benzene rings is 1. The van der Waals surface area contributed by atoms with Crippen LogP contribution in [-0.4, -0.2) is 22.9 Å². The Labute approximate surface area is 155 Å². The molecule has 0 aliphatic carbocycles. The van der Waals surface area contributed by atoms with E-state index in [-0.39, 0.29) is 11.1 Å². The van der Waals surface area contributed by atoms with E-state index < -0.39 is 0 Å². The van der Waals surface area contributed by atoms with Gasteiger partial charge in [0.25, 0.3) is 5.91 Å². The van der Waals surface area contributed by atoms with Crippen molar-refractivity contribution in [1.29, 1.82) is 0 Å². The van der Waals surface area contributed by atoms with E-state index in [2.05, 4.69) is 46.6 Å². The number of hydrogen-bond acceptors (Lipinski definition) is 5. The molecule has 7 heteroatoms. The first kappa shape index (κ1) is 17.4. The Balaban J connectivity index is 1.81. The average Bonchev–Trinajstić information content (AvgIpc) is 3.02. The molecular weight excluding hydrogens is 356 g/mol. The highest BCUT2D eigenvalue weighted by Gasteiger charge is 2.13. The van der Waals surface area contributed by atoms with Gasteiger partial charge in [-0.3, -0.25) is 10.1 Å². The van der Waals surface area contributed by atoms with Gasteiger partial charge in [0.05, 0.1) is 5.69 Å². The van der Waals surface area contributed by atoms with Crippen LogP contribution in [0.2, 0.25) is 5.15 Å². The lowest BCUT2D eigenvalue weighted by molar-refractivity contribution is 0.102. The molecule has 0 unspecified atom stereocenters. The number of carbonyl (C=O) groups excluding carboxylic acids is 1. The van der Waals surface area contributed by atoms with Crippen LogP contribution in [0.4, 0.5) is 10.9 Å². The third kappa shape index (κ3) is 3.97. The maximum Gasteiger partial charge on any atom is 0.257 e. The molecule has 0 bridgehead atoms. The maximum absolute atomic E-state index is 12.4. The Bertz CT molecular complexity index is 939. The van der Waals surface area contributed by atoms with Gasteiger partial charge in [0.15, 0.2) is 5.13 Å². The molecular formula is C18H17ClN4OS. The van der Waals surface area contributed by atoms with Crippen molar-refractivity contribution < 1.29 is 4.79 Å². The van der Waals surface area contributed by atoms with E-state index in [4.69, 9.17) is 11.6 Å². The zero-order chi connectivity index (χ0) is 18.0. The highest BCUT2D eigenvalue weighted by Crippen LogP contribution is 2.28. The van der Waals surface area contributed by atoms with Gasteiger partial charge in [-0.1, -0.05) is 35.4 Å². The SMILES string of the molecule is CNc1cc(C(=O)Nc2nc(-c3ccc(C)cc3C)cs2)cc(Cl)n1. The number of aromatic nitrogens is 2. The zero-order valence-corrected chi connectivity index (χ0v) is 15.6. The van der Waals surface area contributed by atoms with E-state index in [1.807, 2.05) is 11.4 Å². The van der Waals surface area contributed by atoms with Crippen LogP contribution < -0.4 is 10.6 Å². The van der Waals surface area contributed by atoms with Crippen LogP contribution in [0, 0.1) is 13.8 Å². The fourth-order valence-corrected chi connectivity index (χ4v) is 3.40. The molecule has 2 heterocycles. The average molecular weight is 373 g/mol. The van der Waals surface area contributed by atoms with Gasteiger partial charge in [-0.25, -0.2) is 9.97 Å². The van der Waals surface area contributed by atoms with Crippen molar-refractivity contribution in [2.24, 2.45) is 0 Å². The van der Waals surface area contributed by atoms with Crippen LogP contribution in [0.1, 0.15) is 21.5 Å². The Morgan fingerprint density at radius 3 is 2.68 bits per heavy atom. The van der Waals surface area contributed by atoms with Crippen molar-refractivity contribution in [3.63, 3.8) is 0 Å². The first-order valence-corrected chi connectivity index (χ1v) is 8.92. The molecule has 1 amide bonds. The standard InChI is InChI=1S/C18H17ClN4OS/c1-10-4-5-13(11(2)6-10)14-9-25-18(21-14)23-17(24)12-7-15(19)22-16(8-12)20-3/h4-9H,1-3H3,(H,20,22)(H,21,23,24). The number of pyridine rings is 1. The molecule has 0 spiro atoms. The summed E-state index contributed by atoms with van der Waals surface area (Å²) in [6, 6.07) is 9.38. The Morgan fingerprint density at radius 1 is 1.16 bits per heavy atom. The van der Waals surface area contributed by atoms with Gasteiger partial charge in [0, 0.05) is 23.6 Å². The number of thiazole rings is 1. The normalized spacial score (nSPS) is 10.6. The summed E-state index contributed by atoms with van der Waals surface area (Å²) in [5.41, 5.74) is 4.70. The predicted octanol–water partition coefficient (Wildman–Crippen LogP) is 4.77. The Morgan fingerprint density at radius 2 is 1.96 bits per heavy atom. The van der Waals surface area contributed by atoms with Crippen molar-refractivity contribution in [2.45, 2.75) is 13.8 Å². The van der Waals surface area contributed by atoms with Gasteiger partial charge in [-0.2, -0.15) is 0 Å². The molecule has 0 saturated carbocycles. The van der Waals surface area contributed by atoms with Crippen LogP contribution >= 0.6 is 22.9 Å². The van der Waals surface area contributed by atoms with E-state index >= 15 is 0 Å². The van der Waals surface area contributed by atoms with E-state index in [1.54, 1.807) is 13.1 Å². The van der Waals surface area contributed by atoms with Crippen LogP contribution in [0.5, 0.6) is 0 Å². The Kier molecular flexibility index (Phi) is 5.01. The summed E-state index contributed by atoms with van der Waals surface area (Å²) in [5.74, 6) is 0.259. The third-order valence-corrected chi connectivity index (χ3v) is 4.65. The monoisotopic (exact) mass is 372 g/mol. The van der Waals surface area contributed by atoms with E-state index in [0.717, 1.165) is 16.8 Å². The van der Waals surface area contributed by atoms with Crippen molar-refractivity contribution >= 4 is 39.8 Å². The van der Waals surface area contributed by atoms with Gasteiger partial charge in [0.2, 0.25) is 0 Å². The van der Waals surface area contributed by atoms with Gasteiger partial charge in [0.1, 0.15) is 11.0 Å². The largest absolute Gasteiger partial charge is 0.373 e. The maximum atomic E-state index is 12.4. The number of anilines is 2. The van der Waals surface area contributed by atoms with Crippen molar-refractivity contribution in [1.82, 2.24) is 9.97 Å². The summed E-state index contributed by atoms with van der Waals surface area (Å²) in [7, 11) is 1.72. The lowest BCUT2D eigenvalue weighted by Crippen LogP contribution is -2.12. The molecule has 2 N–H and O–H groups in total. The molecule has 0 atom stereocenters. The molecule has 128 valence electrons. The highest BCUT2D eigenvalue weighted by molar-refractivity contribution is 7.14. The smallest absolute Gasteiger partial charge is 0.257 e. The van der Waals surface area contributed by atoms with Crippen LogP contribution in [0.25, 0.3) is 11.3 Å². The second-order valence-electron chi connectivity index (χ2n) is 5.62. The number of hydrogen-bond donors (Lipinski definition) is 2. The summed E-state index contributed by atoms with van der Waals surface area (Å²) in [6.07, 6.45) is 0. The van der Waals surface area contributed by atoms with Gasteiger partial charge in [-0.15, -0.1) is 11.3 Å². The van der Waals surface area contributed by atoms with E-state index in [0.29, 0.717) is 16.5 Å². The van der Waals surface area contributed by atoms with E-state index in [9.17, 15) is 4.79 Å². The molecule has 0 radical (unpaired) electrons. The molecule has 25 heavy (non-hydrogen) atoms. The van der Waals surface area contributed by atoms with E-state index in [1.165, 1.54) is 23.0 Å². The summed E-state index contributed by atoms with van der Waals surface area (Å²) in [5, 5.41) is 8.42. The first-order valence-electron chi connectivity index (χ1n) is 7.66. The number of amides is 1. The van der Waals surface area contributed by atoms with Gasteiger partial charge >= 0.3 is 0 Å². The number of aryl methyl sites for hydroxylation is 2. The predicted molar refractivity (Wildman–Crippen MR) is 104 cm³/mol. The summed E-state index contributed by atoms with van der Waals surface area (Å²) in [4.78, 5) is 21.0. The van der Waals surface area contributed by atoms with Crippen molar-refractivity contribution in [2.75, 3.05) is 17.7 Å². The summed E-state index contributed by atoms with van der Waals surface area (Å²) < 4.78 is 0. The molecule has 1 aromatic carbocycles. The molecule has 0 aliphatic heterocycles. The van der Waals surface area contributed by atoms with Crippen molar-refractivity contribution in [3.8, 4) is 11.3 Å². The minimum Gasteiger partial charge on any atom is -0.373 e. The molecule has 0 saturated heterocycles. The van der Waals surface area contributed by atoms with Crippen LogP contribution in [0.3, 0.4) is 0 Å². The fraction of sp³-hybridized carbons (Fsp3) is 0.167. The quantitative estimate of drug-likeness (QED) is 0.647. The lowest BCUT2D eigenvalue weighted by atomic mass is 10.0. The first-order chi connectivity index (χ1) is 12.0. The number of rotatable bonds is 4. The highest BCUT2D eigenvalue weighted by atomic mass is 35.5. The van der Waals surface area contributed by atoms with Gasteiger partial charge in [-0.05, 0) is 31.5 Å². The van der Waals surface area contributed by atoms with Crippen LogP contribution in [-0.2, 0) is 0 Å². The number of nitrogens with zero attached hydrogens (tertiary/aromatic N) is 2. The molecule has 3 rings (SSSR count). The number of halogens is 1. The summed E-state index contributed by atoms with van der Waals surface area (Å²) >= 11 is 7.33. The third-order valence-electron chi connectivity index (χ3n) is 3.69. The molecule has 0 fully saturated rings. The number of nitrogens with one attached hydrogen (secondary N) is 2. The molecule has 0 aliphatic rings. The topological polar surface area (TPSA) is 66.9 Å². The minimum absolute atomic E-state index is 0.257. The molecule has 3 aromatic rings. The van der Waals surface area contributed by atoms with Gasteiger partial charge < -0.3 is 5.32 Å². The molecule has 2 aromatic heterocycles. The van der Waals surface area contributed by atoms with Crippen LogP contribution in [0.15, 0.2) is 35.7 Å². The molecule has 5 nitrogen and oxygen atoms in total.